The molecule has 0 heterocycles. The Morgan fingerprint density at radius 3 is 1.21 bits per heavy atom. The third-order valence-electron chi connectivity index (χ3n) is 5.86. The van der Waals surface area contributed by atoms with Crippen molar-refractivity contribution in [2.45, 2.75) is 130 Å². The van der Waals surface area contributed by atoms with Gasteiger partial charge in [-0.25, -0.2) is 0 Å². The zero-order valence-electron chi connectivity index (χ0n) is 20.1. The van der Waals surface area contributed by atoms with Crippen molar-refractivity contribution in [2.75, 3.05) is 26.4 Å². The van der Waals surface area contributed by atoms with Crippen LogP contribution in [0.5, 0.6) is 0 Å². The maximum atomic E-state index is 5.98. The smallest absolute Gasteiger partial charge is 0.0494 e. The van der Waals surface area contributed by atoms with Gasteiger partial charge >= 0.3 is 0 Å². The molecule has 0 aliphatic heterocycles. The summed E-state index contributed by atoms with van der Waals surface area (Å²) in [6.07, 6.45) is 21.1. The zero-order valence-corrected chi connectivity index (χ0v) is 20.1. The van der Waals surface area contributed by atoms with Gasteiger partial charge in [-0.3, -0.25) is 0 Å². The number of hydrogen-bond donors (Lipinski definition) is 0. The molecular formula is C26H54O2. The molecule has 0 aromatic carbocycles. The van der Waals surface area contributed by atoms with E-state index in [1.807, 2.05) is 0 Å². The molecule has 0 amide bonds. The average molecular weight is 399 g/mol. The lowest BCUT2D eigenvalue weighted by molar-refractivity contribution is 0.0822. The second-order valence-corrected chi connectivity index (χ2v) is 8.87. The van der Waals surface area contributed by atoms with Gasteiger partial charge < -0.3 is 9.47 Å². The molecule has 0 radical (unpaired) electrons. The van der Waals surface area contributed by atoms with E-state index in [2.05, 4.69) is 27.7 Å². The fourth-order valence-corrected chi connectivity index (χ4v) is 4.07. The topological polar surface area (TPSA) is 18.5 Å². The Kier molecular flexibility index (Phi) is 23.1. The quantitative estimate of drug-likeness (QED) is 0.160. The van der Waals surface area contributed by atoms with Gasteiger partial charge in [0.25, 0.3) is 0 Å². The van der Waals surface area contributed by atoms with Gasteiger partial charge in [-0.2, -0.15) is 0 Å². The van der Waals surface area contributed by atoms with Gasteiger partial charge in [0.15, 0.2) is 0 Å². The minimum absolute atomic E-state index is 0.790. The minimum atomic E-state index is 0.790. The van der Waals surface area contributed by atoms with Gasteiger partial charge in [0.05, 0.1) is 0 Å². The number of ether oxygens (including phenoxy) is 2. The SMILES string of the molecule is CCCCCC(CCC)COCCCCCCOCC(CCC)CCCCC. The van der Waals surface area contributed by atoms with Crippen molar-refractivity contribution in [3.8, 4) is 0 Å². The first kappa shape index (κ1) is 27.9. The van der Waals surface area contributed by atoms with Crippen molar-refractivity contribution in [3.05, 3.63) is 0 Å². The molecule has 0 bridgehead atoms. The summed E-state index contributed by atoms with van der Waals surface area (Å²) >= 11 is 0. The standard InChI is InChI=1S/C26H54O2/c1-5-9-13-19-25(17-7-3)23-27-21-15-11-12-16-22-28-24-26(18-8-4)20-14-10-6-2/h25-26H,5-24H2,1-4H3. The van der Waals surface area contributed by atoms with E-state index in [4.69, 9.17) is 9.47 Å². The summed E-state index contributed by atoms with van der Waals surface area (Å²) in [5.74, 6) is 1.58. The lowest BCUT2D eigenvalue weighted by Crippen LogP contribution is -2.11. The average Bonchev–Trinajstić information content (AvgIpc) is 2.69. The van der Waals surface area contributed by atoms with Gasteiger partial charge in [0.1, 0.15) is 0 Å². The number of rotatable bonds is 23. The fraction of sp³-hybridized carbons (Fsp3) is 1.00. The molecule has 0 fully saturated rings. The van der Waals surface area contributed by atoms with Crippen molar-refractivity contribution in [1.29, 1.82) is 0 Å². The molecule has 170 valence electrons. The molecule has 0 aromatic rings. The first-order chi connectivity index (χ1) is 13.8. The molecule has 28 heavy (non-hydrogen) atoms. The van der Waals surface area contributed by atoms with Crippen molar-refractivity contribution < 1.29 is 9.47 Å². The van der Waals surface area contributed by atoms with E-state index in [1.165, 1.54) is 103 Å². The van der Waals surface area contributed by atoms with E-state index < -0.39 is 0 Å². The van der Waals surface area contributed by atoms with Crippen LogP contribution in [0.3, 0.4) is 0 Å². The Bertz CT molecular complexity index is 252. The molecule has 0 saturated heterocycles. The molecule has 0 spiro atoms. The van der Waals surface area contributed by atoms with E-state index in [0.717, 1.165) is 38.3 Å². The molecule has 0 rings (SSSR count). The van der Waals surface area contributed by atoms with E-state index in [-0.39, 0.29) is 0 Å². The molecule has 2 heteroatoms. The maximum absolute atomic E-state index is 5.98. The Morgan fingerprint density at radius 1 is 0.429 bits per heavy atom. The largest absolute Gasteiger partial charge is 0.381 e. The normalized spacial score (nSPS) is 13.7. The summed E-state index contributed by atoms with van der Waals surface area (Å²) in [7, 11) is 0. The zero-order chi connectivity index (χ0) is 20.7. The van der Waals surface area contributed by atoms with E-state index in [9.17, 15) is 0 Å². The second-order valence-electron chi connectivity index (χ2n) is 8.87. The van der Waals surface area contributed by atoms with E-state index in [0.29, 0.717) is 0 Å². The first-order valence-corrected chi connectivity index (χ1v) is 12.9. The Morgan fingerprint density at radius 2 is 0.857 bits per heavy atom. The summed E-state index contributed by atoms with van der Waals surface area (Å²) in [4.78, 5) is 0. The van der Waals surface area contributed by atoms with Crippen LogP contribution in [0.15, 0.2) is 0 Å². The van der Waals surface area contributed by atoms with E-state index in [1.54, 1.807) is 0 Å². The monoisotopic (exact) mass is 398 g/mol. The predicted octanol–water partition coefficient (Wildman–Crippen LogP) is 8.57. The van der Waals surface area contributed by atoms with Gasteiger partial charge in [-0.15, -0.1) is 0 Å². The van der Waals surface area contributed by atoms with Gasteiger partial charge in [0, 0.05) is 26.4 Å². The summed E-state index contributed by atoms with van der Waals surface area (Å²) in [6, 6.07) is 0. The summed E-state index contributed by atoms with van der Waals surface area (Å²) in [5.41, 5.74) is 0. The van der Waals surface area contributed by atoms with Crippen molar-refractivity contribution in [1.82, 2.24) is 0 Å². The Balaban J connectivity index is 3.51. The Hall–Kier alpha value is -0.0800. The van der Waals surface area contributed by atoms with Crippen LogP contribution in [-0.2, 0) is 9.47 Å². The molecule has 0 aliphatic carbocycles. The fourth-order valence-electron chi connectivity index (χ4n) is 4.07. The van der Waals surface area contributed by atoms with Crippen molar-refractivity contribution in [3.63, 3.8) is 0 Å². The Labute approximate surface area is 178 Å². The third-order valence-corrected chi connectivity index (χ3v) is 5.86. The molecular weight excluding hydrogens is 344 g/mol. The van der Waals surface area contributed by atoms with Gasteiger partial charge in [-0.05, 0) is 50.4 Å². The van der Waals surface area contributed by atoms with Crippen LogP contribution in [0, 0.1) is 11.8 Å². The second kappa shape index (κ2) is 23.2. The van der Waals surface area contributed by atoms with Crippen LogP contribution in [0.2, 0.25) is 0 Å². The van der Waals surface area contributed by atoms with Crippen LogP contribution >= 0.6 is 0 Å². The van der Waals surface area contributed by atoms with Crippen LogP contribution in [-0.4, -0.2) is 26.4 Å². The van der Waals surface area contributed by atoms with Crippen LogP contribution in [0.4, 0.5) is 0 Å². The molecule has 2 unspecified atom stereocenters. The lowest BCUT2D eigenvalue weighted by atomic mass is 9.97. The molecule has 0 saturated carbocycles. The molecule has 0 N–H and O–H groups in total. The highest BCUT2D eigenvalue weighted by molar-refractivity contribution is 4.59. The highest BCUT2D eigenvalue weighted by atomic mass is 16.5. The lowest BCUT2D eigenvalue weighted by Gasteiger charge is -2.16. The minimum Gasteiger partial charge on any atom is -0.381 e. The highest BCUT2D eigenvalue weighted by Crippen LogP contribution is 2.17. The molecule has 2 nitrogen and oxygen atoms in total. The third kappa shape index (κ3) is 19.2. The maximum Gasteiger partial charge on any atom is 0.0494 e. The van der Waals surface area contributed by atoms with Crippen molar-refractivity contribution in [2.24, 2.45) is 11.8 Å². The van der Waals surface area contributed by atoms with Crippen LogP contribution < -0.4 is 0 Å². The summed E-state index contributed by atoms with van der Waals surface area (Å²) in [5, 5.41) is 0. The predicted molar refractivity (Wildman–Crippen MR) is 125 cm³/mol. The van der Waals surface area contributed by atoms with Gasteiger partial charge in [-0.1, -0.05) is 91.9 Å². The van der Waals surface area contributed by atoms with Crippen LogP contribution in [0.1, 0.15) is 130 Å². The molecule has 0 aliphatic rings. The first-order valence-electron chi connectivity index (χ1n) is 12.9. The van der Waals surface area contributed by atoms with Gasteiger partial charge in [0.2, 0.25) is 0 Å². The molecule has 0 aromatic heterocycles. The van der Waals surface area contributed by atoms with Crippen molar-refractivity contribution >= 4 is 0 Å². The summed E-state index contributed by atoms with van der Waals surface area (Å²) in [6.45, 7) is 13.0. The van der Waals surface area contributed by atoms with E-state index >= 15 is 0 Å². The summed E-state index contributed by atoms with van der Waals surface area (Å²) < 4.78 is 12.0. The number of hydrogen-bond acceptors (Lipinski definition) is 2. The number of unbranched alkanes of at least 4 members (excludes halogenated alkanes) is 7. The van der Waals surface area contributed by atoms with Crippen LogP contribution in [0.25, 0.3) is 0 Å². The molecule has 2 atom stereocenters. The highest BCUT2D eigenvalue weighted by Gasteiger charge is 2.08.